The number of primary amides is 1. The van der Waals surface area contributed by atoms with Crippen LogP contribution in [0.4, 0.5) is 5.00 Å². The minimum Gasteiger partial charge on any atom is -0.493 e. The van der Waals surface area contributed by atoms with Gasteiger partial charge in [-0.1, -0.05) is 29.4 Å². The molecule has 2 aromatic heterocycles. The summed E-state index contributed by atoms with van der Waals surface area (Å²) in [6.45, 7) is 8.28. The van der Waals surface area contributed by atoms with E-state index in [1.165, 1.54) is 18.9 Å². The first-order valence-corrected chi connectivity index (χ1v) is 13.7. The highest BCUT2D eigenvalue weighted by Gasteiger charge is 2.25. The number of hydrogen-bond acceptors (Lipinski definition) is 9. The lowest BCUT2D eigenvalue weighted by Gasteiger charge is -2.10. The van der Waals surface area contributed by atoms with Crippen molar-refractivity contribution in [3.63, 3.8) is 0 Å². The van der Waals surface area contributed by atoms with Crippen LogP contribution in [0.15, 0.2) is 36.0 Å². The fourth-order valence-corrected chi connectivity index (χ4v) is 5.64. The van der Waals surface area contributed by atoms with Gasteiger partial charge in [-0.25, -0.2) is 4.79 Å². The van der Waals surface area contributed by atoms with E-state index in [0.29, 0.717) is 41.7 Å². The zero-order valence-corrected chi connectivity index (χ0v) is 23.6. The summed E-state index contributed by atoms with van der Waals surface area (Å²) in [5.74, 6) is -0.219. The third-order valence-corrected chi connectivity index (χ3v) is 7.81. The molecule has 3 aromatic rings. The summed E-state index contributed by atoms with van der Waals surface area (Å²) in [4.78, 5) is 36.8. The summed E-state index contributed by atoms with van der Waals surface area (Å²) in [6, 6.07) is 5.48. The highest BCUT2D eigenvalue weighted by Crippen LogP contribution is 2.33. The van der Waals surface area contributed by atoms with Crippen LogP contribution in [-0.4, -0.2) is 52.0 Å². The number of aryl methyl sites for hydroxylation is 2. The molecule has 0 bridgehead atoms. The number of ether oxygens (including phenoxy) is 2. The molecular formula is C25H28ClN5O5S2. The van der Waals surface area contributed by atoms with E-state index >= 15 is 0 Å². The van der Waals surface area contributed by atoms with Gasteiger partial charge in [-0.3, -0.25) is 9.59 Å². The van der Waals surface area contributed by atoms with Gasteiger partial charge in [-0.15, -0.1) is 28.1 Å². The average Bonchev–Trinajstić information content (AvgIpc) is 3.41. The molecule has 0 aliphatic rings. The second-order valence-electron chi connectivity index (χ2n) is 8.11. The second kappa shape index (κ2) is 13.4. The van der Waals surface area contributed by atoms with E-state index in [0.717, 1.165) is 28.5 Å². The maximum Gasteiger partial charge on any atom is 0.341 e. The SMILES string of the molecule is C=CCn1c(CCCOc2ccc(Cl)cc2C)nnc1SCC(=O)Nc1sc(C(N)=O)c(C)c1C(=O)OC. The number of carbonyl (C=O) groups excluding carboxylic acids is 3. The smallest absolute Gasteiger partial charge is 0.341 e. The van der Waals surface area contributed by atoms with Crippen LogP contribution in [0.2, 0.25) is 5.02 Å². The fourth-order valence-electron chi connectivity index (χ4n) is 3.59. The molecule has 0 saturated heterocycles. The van der Waals surface area contributed by atoms with Crippen LogP contribution in [0.25, 0.3) is 0 Å². The van der Waals surface area contributed by atoms with Crippen molar-refractivity contribution in [1.82, 2.24) is 14.8 Å². The molecule has 1 aromatic carbocycles. The number of nitrogens with two attached hydrogens (primary N) is 1. The van der Waals surface area contributed by atoms with Gasteiger partial charge in [0.1, 0.15) is 16.6 Å². The number of carbonyl (C=O) groups is 3. The summed E-state index contributed by atoms with van der Waals surface area (Å²) in [5, 5.41) is 12.6. The van der Waals surface area contributed by atoms with Gasteiger partial charge in [0.25, 0.3) is 5.91 Å². The number of rotatable bonds is 13. The Labute approximate surface area is 233 Å². The quantitative estimate of drug-likeness (QED) is 0.132. The van der Waals surface area contributed by atoms with Crippen LogP contribution in [-0.2, 0) is 22.5 Å². The third kappa shape index (κ3) is 7.15. The van der Waals surface area contributed by atoms with Crippen molar-refractivity contribution in [2.45, 2.75) is 38.4 Å². The maximum absolute atomic E-state index is 12.7. The molecule has 2 heterocycles. The van der Waals surface area contributed by atoms with Crippen molar-refractivity contribution in [3.05, 3.63) is 63.3 Å². The second-order valence-corrected chi connectivity index (χ2v) is 10.5. The minimum atomic E-state index is -0.689. The van der Waals surface area contributed by atoms with Gasteiger partial charge < -0.3 is 25.1 Å². The van der Waals surface area contributed by atoms with E-state index in [1.807, 2.05) is 23.6 Å². The summed E-state index contributed by atoms with van der Waals surface area (Å²) in [5.41, 5.74) is 6.84. The molecule has 0 fully saturated rings. The van der Waals surface area contributed by atoms with Gasteiger partial charge in [0.15, 0.2) is 5.16 Å². The molecule has 0 aliphatic carbocycles. The molecule has 0 atom stereocenters. The molecule has 13 heteroatoms. The monoisotopic (exact) mass is 577 g/mol. The summed E-state index contributed by atoms with van der Waals surface area (Å²) >= 11 is 8.12. The Kier molecular flexibility index (Phi) is 10.3. The number of benzene rings is 1. The molecule has 0 radical (unpaired) electrons. The van der Waals surface area contributed by atoms with Crippen molar-refractivity contribution in [1.29, 1.82) is 0 Å². The van der Waals surface area contributed by atoms with Crippen LogP contribution < -0.4 is 15.8 Å². The molecule has 2 amide bonds. The van der Waals surface area contributed by atoms with E-state index in [9.17, 15) is 14.4 Å². The standard InChI is InChI=1S/C25H28ClN5O5S2/c1-5-10-31-18(7-6-11-36-17-9-8-16(26)12-14(17)2)29-30-25(31)37-13-19(32)28-23-20(24(34)35-4)15(3)21(38-23)22(27)33/h5,8-9,12H,1,6-7,10-11,13H2,2-4H3,(H2,27,33)(H,28,32). The van der Waals surface area contributed by atoms with Gasteiger partial charge in [-0.05, 0) is 49.6 Å². The van der Waals surface area contributed by atoms with Crippen molar-refractivity contribution in [2.24, 2.45) is 5.73 Å². The van der Waals surface area contributed by atoms with Gasteiger partial charge in [0, 0.05) is 18.0 Å². The molecule has 3 rings (SSSR count). The lowest BCUT2D eigenvalue weighted by atomic mass is 10.1. The zero-order chi connectivity index (χ0) is 27.8. The van der Waals surface area contributed by atoms with Crippen LogP contribution in [0.3, 0.4) is 0 Å². The lowest BCUT2D eigenvalue weighted by Crippen LogP contribution is -2.16. The van der Waals surface area contributed by atoms with Crippen LogP contribution in [0, 0.1) is 13.8 Å². The number of hydrogen-bond donors (Lipinski definition) is 2. The highest BCUT2D eigenvalue weighted by molar-refractivity contribution is 7.99. The first-order chi connectivity index (χ1) is 18.2. The number of methoxy groups -OCH3 is 1. The van der Waals surface area contributed by atoms with Gasteiger partial charge in [-0.2, -0.15) is 0 Å². The Morgan fingerprint density at radius 3 is 2.71 bits per heavy atom. The summed E-state index contributed by atoms with van der Waals surface area (Å²) in [6.07, 6.45) is 3.05. The van der Waals surface area contributed by atoms with E-state index in [2.05, 4.69) is 22.1 Å². The number of aromatic nitrogens is 3. The topological polar surface area (TPSA) is 138 Å². The van der Waals surface area contributed by atoms with Gasteiger partial charge in [0.2, 0.25) is 5.91 Å². The van der Waals surface area contributed by atoms with Crippen molar-refractivity contribution in [3.8, 4) is 5.75 Å². The van der Waals surface area contributed by atoms with E-state index in [-0.39, 0.29) is 27.1 Å². The number of esters is 1. The number of nitrogens with one attached hydrogen (secondary N) is 1. The Balaban J connectivity index is 1.61. The predicted octanol–water partition coefficient (Wildman–Crippen LogP) is 4.42. The molecule has 0 saturated carbocycles. The maximum atomic E-state index is 12.7. The molecular weight excluding hydrogens is 550 g/mol. The summed E-state index contributed by atoms with van der Waals surface area (Å²) in [7, 11) is 1.22. The van der Waals surface area contributed by atoms with Crippen molar-refractivity contribution in [2.75, 3.05) is 24.8 Å². The Morgan fingerprint density at radius 1 is 1.29 bits per heavy atom. The van der Waals surface area contributed by atoms with Crippen molar-refractivity contribution < 1.29 is 23.9 Å². The van der Waals surface area contributed by atoms with Crippen LogP contribution in [0.5, 0.6) is 5.75 Å². The predicted molar refractivity (Wildman–Crippen MR) is 148 cm³/mol. The average molecular weight is 578 g/mol. The lowest BCUT2D eigenvalue weighted by molar-refractivity contribution is -0.113. The molecule has 3 N–H and O–H groups in total. The van der Waals surface area contributed by atoms with Crippen molar-refractivity contribution >= 4 is 57.5 Å². The number of thiophene rings is 1. The van der Waals surface area contributed by atoms with E-state index in [1.54, 1.807) is 19.1 Å². The normalized spacial score (nSPS) is 10.7. The Morgan fingerprint density at radius 2 is 2.05 bits per heavy atom. The molecule has 0 spiro atoms. The Bertz CT molecular complexity index is 1350. The Hall–Kier alpha value is -3.35. The first kappa shape index (κ1) is 29.2. The van der Waals surface area contributed by atoms with Crippen LogP contribution >= 0.6 is 34.7 Å². The molecule has 38 heavy (non-hydrogen) atoms. The molecule has 0 unspecified atom stereocenters. The summed E-state index contributed by atoms with van der Waals surface area (Å²) < 4.78 is 12.5. The minimum absolute atomic E-state index is 0.00229. The highest BCUT2D eigenvalue weighted by atomic mass is 35.5. The number of thioether (sulfide) groups is 1. The number of nitrogens with zero attached hydrogens (tertiary/aromatic N) is 3. The zero-order valence-electron chi connectivity index (χ0n) is 21.2. The molecule has 10 nitrogen and oxygen atoms in total. The molecule has 0 aliphatic heterocycles. The third-order valence-electron chi connectivity index (χ3n) is 5.39. The van der Waals surface area contributed by atoms with Gasteiger partial charge in [0.05, 0.1) is 29.9 Å². The number of halogens is 1. The van der Waals surface area contributed by atoms with E-state index < -0.39 is 11.9 Å². The number of allylic oxidation sites excluding steroid dienone is 1. The molecule has 202 valence electrons. The number of amides is 2. The largest absolute Gasteiger partial charge is 0.493 e. The first-order valence-electron chi connectivity index (χ1n) is 11.5. The fraction of sp³-hybridized carbons (Fsp3) is 0.320. The van der Waals surface area contributed by atoms with Gasteiger partial charge >= 0.3 is 5.97 Å². The van der Waals surface area contributed by atoms with E-state index in [4.69, 9.17) is 26.8 Å². The van der Waals surface area contributed by atoms with Crippen LogP contribution in [0.1, 0.15) is 43.4 Å². The number of anilines is 1.